The summed E-state index contributed by atoms with van der Waals surface area (Å²) in [5.41, 5.74) is 1.58. The van der Waals surface area contributed by atoms with Crippen LogP contribution in [-0.4, -0.2) is 36.4 Å². The monoisotopic (exact) mass is 302 g/mol. The molecule has 1 aromatic heterocycles. The first-order chi connectivity index (χ1) is 10.3. The van der Waals surface area contributed by atoms with E-state index in [1.807, 2.05) is 6.20 Å². The molecule has 0 atom stereocenters. The van der Waals surface area contributed by atoms with Crippen molar-refractivity contribution in [3.63, 3.8) is 0 Å². The number of aryl methyl sites for hydroxylation is 1. The highest BCUT2D eigenvalue weighted by Crippen LogP contribution is 2.37. The lowest BCUT2D eigenvalue weighted by molar-refractivity contribution is 0.00578. The van der Waals surface area contributed by atoms with Crippen molar-refractivity contribution < 1.29 is 9.31 Å². The van der Waals surface area contributed by atoms with Gasteiger partial charge in [0.1, 0.15) is 5.82 Å². The molecule has 0 N–H and O–H groups in total. The summed E-state index contributed by atoms with van der Waals surface area (Å²) in [5.74, 6) is 1.03. The molecule has 0 radical (unpaired) electrons. The van der Waals surface area contributed by atoms with E-state index in [0.717, 1.165) is 29.9 Å². The van der Waals surface area contributed by atoms with E-state index < -0.39 is 0 Å². The first-order valence-corrected chi connectivity index (χ1v) is 8.37. The minimum Gasteiger partial charge on any atom is -0.399 e. The van der Waals surface area contributed by atoms with Crippen molar-refractivity contribution in [2.75, 3.05) is 18.0 Å². The van der Waals surface area contributed by atoms with E-state index in [1.54, 1.807) is 0 Å². The van der Waals surface area contributed by atoms with Gasteiger partial charge in [-0.2, -0.15) is 0 Å². The van der Waals surface area contributed by atoms with E-state index in [9.17, 15) is 0 Å². The minimum atomic E-state index is -0.339. The Morgan fingerprint density at radius 3 is 2.23 bits per heavy atom. The largest absolute Gasteiger partial charge is 0.498 e. The van der Waals surface area contributed by atoms with Crippen LogP contribution < -0.4 is 10.4 Å². The Balaban J connectivity index is 1.94. The van der Waals surface area contributed by atoms with Crippen LogP contribution in [0.2, 0.25) is 0 Å². The van der Waals surface area contributed by atoms with E-state index in [1.165, 1.54) is 19.3 Å². The molecule has 2 fully saturated rings. The lowest BCUT2D eigenvalue weighted by Crippen LogP contribution is -2.42. The number of piperidine rings is 1. The maximum absolute atomic E-state index is 6.25. The fraction of sp³-hybridized carbons (Fsp3) is 0.706. The highest BCUT2D eigenvalue weighted by atomic mass is 16.7. The molecule has 1 aromatic rings. The summed E-state index contributed by atoms with van der Waals surface area (Å²) in [7, 11) is -0.339. The molecule has 5 heteroatoms. The van der Waals surface area contributed by atoms with E-state index in [2.05, 4.69) is 45.6 Å². The SMILES string of the molecule is Cc1cnc(N2CCCCC2)c(B2OC(C)(C)C(C)(C)O2)c1. The quantitative estimate of drug-likeness (QED) is 0.787. The first-order valence-electron chi connectivity index (χ1n) is 8.37. The molecule has 0 aliphatic carbocycles. The fourth-order valence-electron chi connectivity index (χ4n) is 3.10. The smallest absolute Gasteiger partial charge is 0.399 e. The predicted molar refractivity (Wildman–Crippen MR) is 90.8 cm³/mol. The van der Waals surface area contributed by atoms with Gasteiger partial charge in [-0.25, -0.2) is 4.98 Å². The van der Waals surface area contributed by atoms with Crippen LogP contribution in [0.5, 0.6) is 0 Å². The van der Waals surface area contributed by atoms with Gasteiger partial charge in [0.15, 0.2) is 0 Å². The molecule has 3 rings (SSSR count). The zero-order valence-electron chi connectivity index (χ0n) is 14.5. The second-order valence-corrected chi connectivity index (χ2v) is 7.56. The molecule has 4 nitrogen and oxygen atoms in total. The van der Waals surface area contributed by atoms with Gasteiger partial charge in [0.25, 0.3) is 0 Å². The molecular formula is C17H27BN2O2. The molecule has 0 aromatic carbocycles. The highest BCUT2D eigenvalue weighted by Gasteiger charge is 2.52. The van der Waals surface area contributed by atoms with Gasteiger partial charge in [-0.3, -0.25) is 0 Å². The van der Waals surface area contributed by atoms with Gasteiger partial charge in [-0.15, -0.1) is 0 Å². The Labute approximate surface area is 134 Å². The summed E-state index contributed by atoms with van der Waals surface area (Å²) in [4.78, 5) is 7.09. The van der Waals surface area contributed by atoms with Crippen LogP contribution in [0.25, 0.3) is 0 Å². The molecule has 0 spiro atoms. The second kappa shape index (κ2) is 5.53. The number of anilines is 1. The fourth-order valence-corrected chi connectivity index (χ4v) is 3.10. The third-order valence-corrected chi connectivity index (χ3v) is 5.19. The summed E-state index contributed by atoms with van der Waals surface area (Å²) < 4.78 is 12.5. The van der Waals surface area contributed by atoms with Crippen LogP contribution in [0.15, 0.2) is 12.3 Å². The Hall–Kier alpha value is -1.07. The lowest BCUT2D eigenvalue weighted by Gasteiger charge is -2.32. The van der Waals surface area contributed by atoms with Crippen LogP contribution >= 0.6 is 0 Å². The molecule has 2 saturated heterocycles. The Morgan fingerprint density at radius 2 is 1.64 bits per heavy atom. The van der Waals surface area contributed by atoms with Crippen LogP contribution in [-0.2, 0) is 9.31 Å². The van der Waals surface area contributed by atoms with Crippen LogP contribution in [0, 0.1) is 6.92 Å². The molecule has 22 heavy (non-hydrogen) atoms. The summed E-state index contributed by atoms with van der Waals surface area (Å²) in [6.45, 7) is 12.6. The molecule has 0 saturated carbocycles. The predicted octanol–water partition coefficient (Wildman–Crippen LogP) is 2.68. The number of hydrogen-bond donors (Lipinski definition) is 0. The van der Waals surface area contributed by atoms with Crippen molar-refractivity contribution in [1.29, 1.82) is 0 Å². The van der Waals surface area contributed by atoms with Gasteiger partial charge in [0.05, 0.1) is 11.2 Å². The van der Waals surface area contributed by atoms with Crippen LogP contribution in [0.1, 0.15) is 52.5 Å². The number of pyridine rings is 1. The zero-order chi connectivity index (χ0) is 16.0. The van der Waals surface area contributed by atoms with Gasteiger partial charge >= 0.3 is 7.12 Å². The molecule has 0 unspecified atom stereocenters. The maximum atomic E-state index is 6.25. The van der Waals surface area contributed by atoms with Gasteiger partial charge < -0.3 is 14.2 Å². The number of hydrogen-bond acceptors (Lipinski definition) is 4. The van der Waals surface area contributed by atoms with E-state index in [0.29, 0.717) is 0 Å². The molecule has 0 amide bonds. The van der Waals surface area contributed by atoms with E-state index in [-0.39, 0.29) is 18.3 Å². The summed E-state index contributed by atoms with van der Waals surface area (Å²) in [6, 6.07) is 2.17. The molecule has 0 bridgehead atoms. The normalized spacial score (nSPS) is 23.9. The number of rotatable bonds is 2. The Kier molecular flexibility index (Phi) is 3.98. The van der Waals surface area contributed by atoms with Crippen molar-refractivity contribution in [3.05, 3.63) is 17.8 Å². The number of nitrogens with zero attached hydrogens (tertiary/aromatic N) is 2. The van der Waals surface area contributed by atoms with Crippen LogP contribution in [0.4, 0.5) is 5.82 Å². The van der Waals surface area contributed by atoms with Gasteiger partial charge in [0.2, 0.25) is 0 Å². The standard InChI is InChI=1S/C17H27BN2O2/c1-13-11-14(18-21-16(2,3)17(4,5)22-18)15(19-12-13)20-9-7-6-8-10-20/h11-12H,6-10H2,1-5H3. The van der Waals surface area contributed by atoms with Crippen molar-refractivity contribution in [3.8, 4) is 0 Å². The summed E-state index contributed by atoms with van der Waals surface area (Å²) in [5, 5.41) is 0. The molecule has 2 aliphatic rings. The van der Waals surface area contributed by atoms with Gasteiger partial charge in [0, 0.05) is 24.7 Å². The Bertz CT molecular complexity index is 538. The third-order valence-electron chi connectivity index (χ3n) is 5.19. The average molecular weight is 302 g/mol. The van der Waals surface area contributed by atoms with E-state index in [4.69, 9.17) is 14.3 Å². The van der Waals surface area contributed by atoms with Crippen molar-refractivity contribution in [2.24, 2.45) is 0 Å². The van der Waals surface area contributed by atoms with Gasteiger partial charge in [-0.05, 0) is 59.4 Å². The molecular weight excluding hydrogens is 275 g/mol. The molecule has 3 heterocycles. The minimum absolute atomic E-state index is 0.319. The summed E-state index contributed by atoms with van der Waals surface area (Å²) in [6.07, 6.45) is 5.73. The molecule has 2 aliphatic heterocycles. The van der Waals surface area contributed by atoms with Crippen molar-refractivity contribution in [2.45, 2.75) is 65.1 Å². The first kappa shape index (κ1) is 15.8. The van der Waals surface area contributed by atoms with Crippen molar-refractivity contribution >= 4 is 18.4 Å². The lowest BCUT2D eigenvalue weighted by atomic mass is 9.78. The van der Waals surface area contributed by atoms with Gasteiger partial charge in [-0.1, -0.05) is 6.07 Å². The maximum Gasteiger partial charge on any atom is 0.498 e. The third kappa shape index (κ3) is 2.76. The zero-order valence-corrected chi connectivity index (χ0v) is 14.5. The van der Waals surface area contributed by atoms with Crippen LogP contribution in [0.3, 0.4) is 0 Å². The van der Waals surface area contributed by atoms with Crippen molar-refractivity contribution in [1.82, 2.24) is 4.98 Å². The summed E-state index contributed by atoms with van der Waals surface area (Å²) >= 11 is 0. The van der Waals surface area contributed by atoms with E-state index >= 15 is 0 Å². The topological polar surface area (TPSA) is 34.6 Å². The average Bonchev–Trinajstić information content (AvgIpc) is 2.68. The second-order valence-electron chi connectivity index (χ2n) is 7.56. The molecule has 120 valence electrons. The Morgan fingerprint density at radius 1 is 1.05 bits per heavy atom. The number of aromatic nitrogens is 1. The highest BCUT2D eigenvalue weighted by molar-refractivity contribution is 6.63.